The van der Waals surface area contributed by atoms with E-state index in [9.17, 15) is 9.59 Å². The molecule has 1 aromatic carbocycles. The zero-order valence-corrected chi connectivity index (χ0v) is 13.7. The second kappa shape index (κ2) is 7.38. The van der Waals surface area contributed by atoms with Crippen molar-refractivity contribution >= 4 is 33.3 Å². The highest BCUT2D eigenvalue weighted by Gasteiger charge is 2.22. The highest BCUT2D eigenvalue weighted by atomic mass is 32.1. The normalized spacial score (nSPS) is 12.1. The molecule has 0 fully saturated rings. The molecule has 22 heavy (non-hydrogen) atoms. The molecule has 1 atom stereocenters. The van der Waals surface area contributed by atoms with E-state index in [-0.39, 0.29) is 5.91 Å². The second-order valence-corrected chi connectivity index (χ2v) is 5.94. The van der Waals surface area contributed by atoms with Crippen LogP contribution in [0.4, 0.5) is 0 Å². The number of aryl methyl sites for hydroxylation is 1. The number of ether oxygens (including phenoxy) is 2. The van der Waals surface area contributed by atoms with Gasteiger partial charge in [-0.05, 0) is 30.9 Å². The highest BCUT2D eigenvalue weighted by Crippen LogP contribution is 2.31. The van der Waals surface area contributed by atoms with Gasteiger partial charge < -0.3 is 14.8 Å². The third-order valence-corrected chi connectivity index (χ3v) is 4.54. The van der Waals surface area contributed by atoms with Crippen molar-refractivity contribution in [2.24, 2.45) is 0 Å². The Hall–Kier alpha value is -1.92. The van der Waals surface area contributed by atoms with Crippen LogP contribution in [-0.2, 0) is 14.3 Å². The third-order valence-electron chi connectivity index (χ3n) is 3.29. The van der Waals surface area contributed by atoms with E-state index < -0.39 is 12.1 Å². The molecular formula is C16H19NO4S. The average Bonchev–Trinajstić information content (AvgIpc) is 2.85. The predicted molar refractivity (Wildman–Crippen MR) is 86.3 cm³/mol. The molecule has 1 heterocycles. The molecule has 0 bridgehead atoms. The fourth-order valence-corrected chi connectivity index (χ4v) is 3.15. The number of carbonyl (C=O) groups excluding carboxylic acids is 2. The van der Waals surface area contributed by atoms with Gasteiger partial charge in [-0.1, -0.05) is 18.2 Å². The fraction of sp³-hybridized carbons (Fsp3) is 0.375. The van der Waals surface area contributed by atoms with Gasteiger partial charge in [-0.15, -0.1) is 11.3 Å². The SMILES string of the molecule is COCCNC(=O)[C@H](C)OC(=O)c1sc2ccccc2c1C. The minimum Gasteiger partial charge on any atom is -0.448 e. The summed E-state index contributed by atoms with van der Waals surface area (Å²) in [4.78, 5) is 24.6. The van der Waals surface area contributed by atoms with Gasteiger partial charge in [0, 0.05) is 18.4 Å². The molecule has 0 aliphatic carbocycles. The second-order valence-electron chi connectivity index (χ2n) is 4.88. The lowest BCUT2D eigenvalue weighted by Gasteiger charge is -2.13. The molecule has 118 valence electrons. The Labute approximate surface area is 133 Å². The van der Waals surface area contributed by atoms with Gasteiger partial charge in [-0.3, -0.25) is 4.79 Å². The van der Waals surface area contributed by atoms with Crippen LogP contribution >= 0.6 is 11.3 Å². The number of esters is 1. The van der Waals surface area contributed by atoms with Gasteiger partial charge in [-0.25, -0.2) is 4.79 Å². The number of hydrogen-bond acceptors (Lipinski definition) is 5. The maximum atomic E-state index is 12.3. The van der Waals surface area contributed by atoms with Crippen LogP contribution in [0.2, 0.25) is 0 Å². The van der Waals surface area contributed by atoms with E-state index in [0.717, 1.165) is 15.6 Å². The molecule has 1 N–H and O–H groups in total. The summed E-state index contributed by atoms with van der Waals surface area (Å²) in [6.45, 7) is 4.25. The third kappa shape index (κ3) is 3.64. The summed E-state index contributed by atoms with van der Waals surface area (Å²) in [6.07, 6.45) is -0.839. The molecule has 6 heteroatoms. The summed E-state index contributed by atoms with van der Waals surface area (Å²) in [5.74, 6) is -0.794. The van der Waals surface area contributed by atoms with Crippen molar-refractivity contribution in [3.8, 4) is 0 Å². The first-order valence-electron chi connectivity index (χ1n) is 7.00. The van der Waals surface area contributed by atoms with Gasteiger partial charge >= 0.3 is 5.97 Å². The molecule has 0 unspecified atom stereocenters. The lowest BCUT2D eigenvalue weighted by Crippen LogP contribution is -2.37. The Morgan fingerprint density at radius 3 is 2.73 bits per heavy atom. The van der Waals surface area contributed by atoms with Crippen molar-refractivity contribution < 1.29 is 19.1 Å². The van der Waals surface area contributed by atoms with E-state index in [1.54, 1.807) is 14.0 Å². The topological polar surface area (TPSA) is 64.6 Å². The van der Waals surface area contributed by atoms with Crippen LogP contribution < -0.4 is 5.32 Å². The van der Waals surface area contributed by atoms with E-state index >= 15 is 0 Å². The van der Waals surface area contributed by atoms with Gasteiger partial charge in [0.05, 0.1) is 6.61 Å². The summed E-state index contributed by atoms with van der Waals surface area (Å²) in [7, 11) is 1.56. The Balaban J connectivity index is 2.04. The van der Waals surface area contributed by atoms with Crippen LogP contribution in [0.5, 0.6) is 0 Å². The van der Waals surface area contributed by atoms with Crippen molar-refractivity contribution in [3.05, 3.63) is 34.7 Å². The highest BCUT2D eigenvalue weighted by molar-refractivity contribution is 7.21. The summed E-state index contributed by atoms with van der Waals surface area (Å²) >= 11 is 1.38. The Bertz CT molecular complexity index is 680. The van der Waals surface area contributed by atoms with Crippen molar-refractivity contribution in [1.82, 2.24) is 5.32 Å². The van der Waals surface area contributed by atoms with E-state index in [4.69, 9.17) is 9.47 Å². The number of benzene rings is 1. The summed E-state index contributed by atoms with van der Waals surface area (Å²) in [5, 5.41) is 3.68. The first kappa shape index (κ1) is 16.5. The monoisotopic (exact) mass is 321 g/mol. The number of methoxy groups -OCH3 is 1. The molecule has 1 aromatic heterocycles. The first-order chi connectivity index (χ1) is 10.5. The lowest BCUT2D eigenvalue weighted by atomic mass is 10.1. The van der Waals surface area contributed by atoms with Crippen LogP contribution in [0.15, 0.2) is 24.3 Å². The number of hydrogen-bond donors (Lipinski definition) is 1. The fourth-order valence-electron chi connectivity index (χ4n) is 2.06. The van der Waals surface area contributed by atoms with Crippen LogP contribution in [0.1, 0.15) is 22.2 Å². The van der Waals surface area contributed by atoms with E-state index in [0.29, 0.717) is 18.0 Å². The molecule has 0 aliphatic heterocycles. The summed E-state index contributed by atoms with van der Waals surface area (Å²) in [5.41, 5.74) is 0.887. The van der Waals surface area contributed by atoms with Gasteiger partial charge in [0.15, 0.2) is 6.10 Å². The van der Waals surface area contributed by atoms with Crippen LogP contribution in [0, 0.1) is 6.92 Å². The molecule has 2 rings (SSSR count). The minimum atomic E-state index is -0.839. The summed E-state index contributed by atoms with van der Waals surface area (Å²) < 4.78 is 11.1. The number of thiophene rings is 1. The number of carbonyl (C=O) groups is 2. The maximum absolute atomic E-state index is 12.3. The molecule has 1 amide bonds. The van der Waals surface area contributed by atoms with Gasteiger partial charge in [-0.2, -0.15) is 0 Å². The first-order valence-corrected chi connectivity index (χ1v) is 7.82. The predicted octanol–water partition coefficient (Wildman–Crippen LogP) is 2.52. The largest absolute Gasteiger partial charge is 0.448 e. The van der Waals surface area contributed by atoms with Crippen LogP contribution in [0.25, 0.3) is 10.1 Å². The smallest absolute Gasteiger partial charge is 0.349 e. The maximum Gasteiger partial charge on any atom is 0.349 e. The number of rotatable bonds is 6. The van der Waals surface area contributed by atoms with Crippen molar-refractivity contribution in [2.75, 3.05) is 20.3 Å². The molecule has 0 spiro atoms. The Morgan fingerprint density at radius 1 is 1.32 bits per heavy atom. The number of nitrogens with one attached hydrogen (secondary N) is 1. The average molecular weight is 321 g/mol. The Morgan fingerprint density at radius 2 is 2.05 bits per heavy atom. The summed E-state index contributed by atoms with van der Waals surface area (Å²) in [6, 6.07) is 7.80. The molecule has 0 saturated heterocycles. The zero-order chi connectivity index (χ0) is 16.1. The van der Waals surface area contributed by atoms with Crippen molar-refractivity contribution in [2.45, 2.75) is 20.0 Å². The lowest BCUT2D eigenvalue weighted by molar-refractivity contribution is -0.129. The minimum absolute atomic E-state index is 0.329. The van der Waals surface area contributed by atoms with Gasteiger partial charge in [0.2, 0.25) is 0 Å². The Kier molecular flexibility index (Phi) is 5.51. The van der Waals surface area contributed by atoms with Crippen molar-refractivity contribution in [1.29, 1.82) is 0 Å². The van der Waals surface area contributed by atoms with Crippen molar-refractivity contribution in [3.63, 3.8) is 0 Å². The van der Waals surface area contributed by atoms with E-state index in [1.807, 2.05) is 31.2 Å². The van der Waals surface area contributed by atoms with Crippen LogP contribution in [-0.4, -0.2) is 38.2 Å². The zero-order valence-electron chi connectivity index (χ0n) is 12.8. The molecular weight excluding hydrogens is 302 g/mol. The molecule has 2 aromatic rings. The molecule has 0 saturated carbocycles. The number of amides is 1. The molecule has 5 nitrogen and oxygen atoms in total. The van der Waals surface area contributed by atoms with Gasteiger partial charge in [0.25, 0.3) is 5.91 Å². The van der Waals surface area contributed by atoms with E-state index in [1.165, 1.54) is 11.3 Å². The van der Waals surface area contributed by atoms with Crippen LogP contribution in [0.3, 0.4) is 0 Å². The molecule has 0 aliphatic rings. The van der Waals surface area contributed by atoms with E-state index in [2.05, 4.69) is 5.32 Å². The quantitative estimate of drug-likeness (QED) is 0.656. The van der Waals surface area contributed by atoms with Gasteiger partial charge in [0.1, 0.15) is 4.88 Å². The number of fused-ring (bicyclic) bond motifs is 1. The standard InChI is InChI=1S/C16H19NO4S/c1-10-12-6-4-5-7-13(12)22-14(10)16(19)21-11(2)15(18)17-8-9-20-3/h4-7,11H,8-9H2,1-3H3,(H,17,18)/t11-/m0/s1. The molecule has 0 radical (unpaired) electrons.